The first kappa shape index (κ1) is 20.0. The number of hydrogen-bond donors (Lipinski definition) is 2. The molecule has 2 aromatic rings. The van der Waals surface area contributed by atoms with Crippen LogP contribution in [0, 0.1) is 5.41 Å². The highest BCUT2D eigenvalue weighted by molar-refractivity contribution is 8.00. The molecule has 4 nitrogen and oxygen atoms in total. The van der Waals surface area contributed by atoms with Crippen molar-refractivity contribution in [2.24, 2.45) is 5.41 Å². The summed E-state index contributed by atoms with van der Waals surface area (Å²) >= 11 is 1.51. The van der Waals surface area contributed by atoms with E-state index < -0.39 is 5.41 Å². The van der Waals surface area contributed by atoms with Crippen LogP contribution in [0.4, 0.5) is 0 Å². The van der Waals surface area contributed by atoms with Gasteiger partial charge in [-0.25, -0.2) is 0 Å². The lowest BCUT2D eigenvalue weighted by molar-refractivity contribution is -0.129. The largest absolute Gasteiger partial charge is 0.356 e. The Labute approximate surface area is 159 Å². The van der Waals surface area contributed by atoms with E-state index in [2.05, 4.69) is 10.6 Å². The summed E-state index contributed by atoms with van der Waals surface area (Å²) in [6, 6.07) is 19.6. The summed E-state index contributed by atoms with van der Waals surface area (Å²) in [6.07, 6.45) is 0. The minimum atomic E-state index is -0.662. The Morgan fingerprint density at radius 1 is 0.962 bits per heavy atom. The third-order valence-corrected chi connectivity index (χ3v) is 5.26. The Kier molecular flexibility index (Phi) is 7.27. The van der Waals surface area contributed by atoms with Crippen molar-refractivity contribution < 1.29 is 9.59 Å². The molecule has 0 heterocycles. The molecule has 2 rings (SSSR count). The normalized spacial score (nSPS) is 12.3. The van der Waals surface area contributed by atoms with Gasteiger partial charge in [0, 0.05) is 18.0 Å². The summed E-state index contributed by atoms with van der Waals surface area (Å²) in [5, 5.41) is 5.40. The lowest BCUT2D eigenvalue weighted by Gasteiger charge is -2.25. The van der Waals surface area contributed by atoms with Crippen LogP contribution in [0.2, 0.25) is 0 Å². The molecule has 5 heteroatoms. The van der Waals surface area contributed by atoms with Gasteiger partial charge in [0.05, 0.1) is 5.41 Å². The summed E-state index contributed by atoms with van der Waals surface area (Å²) in [5.41, 5.74) is 0.277. The Bertz CT molecular complexity index is 717. The molecule has 0 aliphatic carbocycles. The van der Waals surface area contributed by atoms with Crippen molar-refractivity contribution in [1.82, 2.24) is 10.6 Å². The number of rotatable bonds is 8. The first-order valence-corrected chi connectivity index (χ1v) is 9.64. The molecule has 2 N–H and O–H groups in total. The van der Waals surface area contributed by atoms with Gasteiger partial charge in [-0.05, 0) is 38.5 Å². The predicted octanol–water partition coefficient (Wildman–Crippen LogP) is 3.80. The van der Waals surface area contributed by atoms with Crippen molar-refractivity contribution in [3.05, 3.63) is 66.2 Å². The number of thioether (sulfide) groups is 1. The average molecular weight is 371 g/mol. The van der Waals surface area contributed by atoms with Crippen molar-refractivity contribution in [2.75, 3.05) is 13.1 Å². The fraction of sp³-hybridized carbons (Fsp3) is 0.333. The van der Waals surface area contributed by atoms with Gasteiger partial charge in [0.15, 0.2) is 0 Å². The fourth-order valence-electron chi connectivity index (χ4n) is 2.42. The van der Waals surface area contributed by atoms with Crippen molar-refractivity contribution in [2.45, 2.75) is 30.9 Å². The second-order valence-electron chi connectivity index (χ2n) is 6.68. The predicted molar refractivity (Wildman–Crippen MR) is 107 cm³/mol. The second-order valence-corrected chi connectivity index (χ2v) is 7.86. The summed E-state index contributed by atoms with van der Waals surface area (Å²) in [4.78, 5) is 26.1. The van der Waals surface area contributed by atoms with E-state index in [9.17, 15) is 9.59 Å². The lowest BCUT2D eigenvalue weighted by atomic mass is 9.92. The minimum Gasteiger partial charge on any atom is -0.356 e. The molecular weight excluding hydrogens is 344 g/mol. The van der Waals surface area contributed by atoms with E-state index in [1.165, 1.54) is 11.8 Å². The van der Waals surface area contributed by atoms with Gasteiger partial charge in [-0.15, -0.1) is 11.8 Å². The van der Waals surface area contributed by atoms with E-state index in [1.807, 2.05) is 81.4 Å². The Balaban J connectivity index is 2.12. The molecule has 0 radical (unpaired) electrons. The summed E-state index contributed by atoms with van der Waals surface area (Å²) in [7, 11) is 0. The number of amides is 2. The standard InChI is InChI=1S/C21H26N2O2S/c1-4-22-20(25)21(2,3)15-23-19(24)18(16-11-7-5-8-12-16)26-17-13-9-6-10-14-17/h5-14,18H,4,15H2,1-3H3,(H,22,25)(H,23,24)/t18-/m1/s1. The molecule has 0 aliphatic heterocycles. The van der Waals surface area contributed by atoms with Crippen LogP contribution < -0.4 is 10.6 Å². The molecule has 138 valence electrons. The van der Waals surface area contributed by atoms with Gasteiger partial charge in [0.1, 0.15) is 5.25 Å². The first-order valence-electron chi connectivity index (χ1n) is 8.76. The molecule has 0 spiro atoms. The maximum atomic E-state index is 12.9. The topological polar surface area (TPSA) is 58.2 Å². The zero-order valence-electron chi connectivity index (χ0n) is 15.5. The van der Waals surface area contributed by atoms with Gasteiger partial charge in [0.25, 0.3) is 0 Å². The lowest BCUT2D eigenvalue weighted by Crippen LogP contribution is -2.45. The van der Waals surface area contributed by atoms with Crippen molar-refractivity contribution >= 4 is 23.6 Å². The smallest absolute Gasteiger partial charge is 0.238 e. The molecule has 0 bridgehead atoms. The monoisotopic (exact) mass is 370 g/mol. The molecule has 2 amide bonds. The molecule has 0 fully saturated rings. The van der Waals surface area contributed by atoms with Crippen LogP contribution in [-0.2, 0) is 9.59 Å². The van der Waals surface area contributed by atoms with Crippen molar-refractivity contribution in [3.63, 3.8) is 0 Å². The number of carbonyl (C=O) groups excluding carboxylic acids is 2. The summed E-state index contributed by atoms with van der Waals surface area (Å²) in [6.45, 7) is 6.41. The van der Waals surface area contributed by atoms with E-state index in [0.717, 1.165) is 10.5 Å². The van der Waals surface area contributed by atoms with Gasteiger partial charge in [-0.3, -0.25) is 9.59 Å². The zero-order valence-corrected chi connectivity index (χ0v) is 16.3. The van der Waals surface area contributed by atoms with Gasteiger partial charge >= 0.3 is 0 Å². The van der Waals surface area contributed by atoms with E-state index in [4.69, 9.17) is 0 Å². The molecule has 0 aromatic heterocycles. The molecule has 0 aliphatic rings. The number of carbonyl (C=O) groups is 2. The SMILES string of the molecule is CCNC(=O)C(C)(C)CNC(=O)[C@H](Sc1ccccc1)c1ccccc1. The highest BCUT2D eigenvalue weighted by atomic mass is 32.2. The highest BCUT2D eigenvalue weighted by Gasteiger charge is 2.29. The van der Waals surface area contributed by atoms with Crippen LogP contribution in [0.1, 0.15) is 31.6 Å². The summed E-state index contributed by atoms with van der Waals surface area (Å²) in [5.74, 6) is -0.158. The average Bonchev–Trinajstić information content (AvgIpc) is 2.66. The Hall–Kier alpha value is -2.27. The third kappa shape index (κ3) is 5.63. The van der Waals surface area contributed by atoms with E-state index in [1.54, 1.807) is 0 Å². The van der Waals surface area contributed by atoms with E-state index in [-0.39, 0.29) is 23.6 Å². The highest BCUT2D eigenvalue weighted by Crippen LogP contribution is 2.35. The van der Waals surface area contributed by atoms with Crippen molar-refractivity contribution in [3.8, 4) is 0 Å². The van der Waals surface area contributed by atoms with E-state index in [0.29, 0.717) is 6.54 Å². The maximum absolute atomic E-state index is 12.9. The van der Waals surface area contributed by atoms with Crippen LogP contribution >= 0.6 is 11.8 Å². The van der Waals surface area contributed by atoms with Crippen LogP contribution in [0.5, 0.6) is 0 Å². The number of hydrogen-bond acceptors (Lipinski definition) is 3. The quantitative estimate of drug-likeness (QED) is 0.695. The second kappa shape index (κ2) is 9.43. The summed E-state index contributed by atoms with van der Waals surface area (Å²) < 4.78 is 0. The molecule has 0 saturated heterocycles. The van der Waals surface area contributed by atoms with E-state index >= 15 is 0 Å². The molecule has 2 aromatic carbocycles. The van der Waals surface area contributed by atoms with Crippen LogP contribution in [0.25, 0.3) is 0 Å². The minimum absolute atomic E-state index is 0.0627. The molecular formula is C21H26N2O2S. The van der Waals surface area contributed by atoms with Gasteiger partial charge in [-0.1, -0.05) is 48.5 Å². The maximum Gasteiger partial charge on any atom is 0.238 e. The van der Waals surface area contributed by atoms with Crippen LogP contribution in [0.15, 0.2) is 65.6 Å². The van der Waals surface area contributed by atoms with Crippen LogP contribution in [0.3, 0.4) is 0 Å². The number of benzene rings is 2. The van der Waals surface area contributed by atoms with Crippen LogP contribution in [-0.4, -0.2) is 24.9 Å². The van der Waals surface area contributed by atoms with Crippen molar-refractivity contribution in [1.29, 1.82) is 0 Å². The zero-order chi connectivity index (χ0) is 19.0. The molecule has 0 unspecified atom stereocenters. The Morgan fingerprint density at radius 2 is 1.54 bits per heavy atom. The molecule has 0 saturated carbocycles. The molecule has 1 atom stereocenters. The van der Waals surface area contributed by atoms with Gasteiger partial charge < -0.3 is 10.6 Å². The fourth-order valence-corrected chi connectivity index (χ4v) is 3.49. The van der Waals surface area contributed by atoms with Gasteiger partial charge in [-0.2, -0.15) is 0 Å². The number of nitrogens with one attached hydrogen (secondary N) is 2. The first-order chi connectivity index (χ1) is 12.4. The molecule has 26 heavy (non-hydrogen) atoms. The van der Waals surface area contributed by atoms with Gasteiger partial charge in [0.2, 0.25) is 11.8 Å². The Morgan fingerprint density at radius 3 is 2.12 bits per heavy atom. The third-order valence-electron chi connectivity index (χ3n) is 3.99.